The van der Waals surface area contributed by atoms with Crippen molar-refractivity contribution in [2.75, 3.05) is 26.2 Å². The SMILES string of the molecule is CC1CN(CC2CCC(N)CC2)CCCO1. The summed E-state index contributed by atoms with van der Waals surface area (Å²) in [7, 11) is 0. The quantitative estimate of drug-likeness (QED) is 0.777. The van der Waals surface area contributed by atoms with Crippen molar-refractivity contribution in [2.45, 2.75) is 51.2 Å². The predicted octanol–water partition coefficient (Wildman–Crippen LogP) is 1.61. The first-order valence-electron chi connectivity index (χ1n) is 6.83. The van der Waals surface area contributed by atoms with E-state index in [1.807, 2.05) is 0 Å². The van der Waals surface area contributed by atoms with E-state index >= 15 is 0 Å². The van der Waals surface area contributed by atoms with Gasteiger partial charge in [-0.05, 0) is 44.9 Å². The van der Waals surface area contributed by atoms with Crippen molar-refractivity contribution >= 4 is 0 Å². The number of nitrogens with two attached hydrogens (primary N) is 1. The van der Waals surface area contributed by atoms with Crippen molar-refractivity contribution in [3.63, 3.8) is 0 Å². The van der Waals surface area contributed by atoms with Gasteiger partial charge in [-0.15, -0.1) is 0 Å². The van der Waals surface area contributed by atoms with Crippen LogP contribution in [-0.2, 0) is 4.74 Å². The lowest BCUT2D eigenvalue weighted by Gasteiger charge is -2.31. The van der Waals surface area contributed by atoms with E-state index in [4.69, 9.17) is 10.5 Å². The average Bonchev–Trinajstić information content (AvgIpc) is 2.46. The first-order chi connectivity index (χ1) is 7.74. The number of hydrogen-bond acceptors (Lipinski definition) is 3. The minimum Gasteiger partial charge on any atom is -0.377 e. The van der Waals surface area contributed by atoms with Crippen LogP contribution in [0, 0.1) is 5.92 Å². The number of ether oxygens (including phenoxy) is 1. The van der Waals surface area contributed by atoms with E-state index in [1.54, 1.807) is 0 Å². The van der Waals surface area contributed by atoms with Gasteiger partial charge in [0.1, 0.15) is 0 Å². The highest BCUT2D eigenvalue weighted by molar-refractivity contribution is 4.78. The lowest BCUT2D eigenvalue weighted by atomic mass is 9.86. The van der Waals surface area contributed by atoms with Crippen molar-refractivity contribution in [2.24, 2.45) is 11.7 Å². The van der Waals surface area contributed by atoms with Crippen LogP contribution in [-0.4, -0.2) is 43.3 Å². The van der Waals surface area contributed by atoms with Crippen molar-refractivity contribution < 1.29 is 4.74 Å². The fourth-order valence-corrected chi connectivity index (χ4v) is 2.98. The second kappa shape index (κ2) is 5.99. The van der Waals surface area contributed by atoms with E-state index in [-0.39, 0.29) is 0 Å². The monoisotopic (exact) mass is 226 g/mol. The first-order valence-corrected chi connectivity index (χ1v) is 6.83. The van der Waals surface area contributed by atoms with Gasteiger partial charge in [-0.3, -0.25) is 0 Å². The maximum Gasteiger partial charge on any atom is 0.0673 e. The smallest absolute Gasteiger partial charge is 0.0673 e. The zero-order valence-electron chi connectivity index (χ0n) is 10.5. The molecule has 2 fully saturated rings. The number of nitrogens with zero attached hydrogens (tertiary/aromatic N) is 1. The van der Waals surface area contributed by atoms with Crippen LogP contribution in [0.3, 0.4) is 0 Å². The van der Waals surface area contributed by atoms with Gasteiger partial charge in [0.2, 0.25) is 0 Å². The summed E-state index contributed by atoms with van der Waals surface area (Å²) in [6.07, 6.45) is 6.71. The van der Waals surface area contributed by atoms with Gasteiger partial charge in [-0.25, -0.2) is 0 Å². The molecule has 0 aromatic heterocycles. The van der Waals surface area contributed by atoms with Crippen LogP contribution in [0.1, 0.15) is 39.0 Å². The molecule has 0 radical (unpaired) electrons. The van der Waals surface area contributed by atoms with Crippen LogP contribution >= 0.6 is 0 Å². The van der Waals surface area contributed by atoms with Crippen LogP contribution in [0.4, 0.5) is 0 Å². The Morgan fingerprint density at radius 1 is 1.25 bits per heavy atom. The molecule has 0 spiro atoms. The van der Waals surface area contributed by atoms with E-state index in [0.29, 0.717) is 12.1 Å². The van der Waals surface area contributed by atoms with Gasteiger partial charge in [0, 0.05) is 32.3 Å². The highest BCUT2D eigenvalue weighted by Gasteiger charge is 2.22. The molecular weight excluding hydrogens is 200 g/mol. The zero-order chi connectivity index (χ0) is 11.4. The van der Waals surface area contributed by atoms with Crippen LogP contribution < -0.4 is 5.73 Å². The summed E-state index contributed by atoms with van der Waals surface area (Å²) < 4.78 is 5.68. The summed E-state index contributed by atoms with van der Waals surface area (Å²) >= 11 is 0. The summed E-state index contributed by atoms with van der Waals surface area (Å²) in [4.78, 5) is 2.60. The normalized spacial score (nSPS) is 38.2. The molecule has 1 atom stereocenters. The largest absolute Gasteiger partial charge is 0.377 e. The summed E-state index contributed by atoms with van der Waals surface area (Å²) in [5, 5.41) is 0. The van der Waals surface area contributed by atoms with Gasteiger partial charge >= 0.3 is 0 Å². The summed E-state index contributed by atoms with van der Waals surface area (Å²) in [5.41, 5.74) is 5.94. The molecule has 1 saturated carbocycles. The summed E-state index contributed by atoms with van der Waals surface area (Å²) in [6, 6.07) is 0.475. The lowest BCUT2D eigenvalue weighted by Crippen LogP contribution is -2.37. The second-order valence-electron chi connectivity index (χ2n) is 5.58. The van der Waals surface area contributed by atoms with Crippen LogP contribution in [0.2, 0.25) is 0 Å². The molecule has 0 bridgehead atoms. The molecule has 16 heavy (non-hydrogen) atoms. The molecule has 2 N–H and O–H groups in total. The molecular formula is C13H26N2O. The van der Waals surface area contributed by atoms with Crippen molar-refractivity contribution in [1.82, 2.24) is 4.90 Å². The second-order valence-corrected chi connectivity index (χ2v) is 5.58. The Balaban J connectivity index is 1.75. The summed E-state index contributed by atoms with van der Waals surface area (Å²) in [6.45, 7) is 6.72. The Kier molecular flexibility index (Phi) is 4.62. The lowest BCUT2D eigenvalue weighted by molar-refractivity contribution is 0.0641. The molecule has 1 aliphatic carbocycles. The predicted molar refractivity (Wildman–Crippen MR) is 66.4 cm³/mol. The van der Waals surface area contributed by atoms with E-state index < -0.39 is 0 Å². The molecule has 1 heterocycles. The molecule has 2 aliphatic rings. The van der Waals surface area contributed by atoms with Gasteiger partial charge in [-0.2, -0.15) is 0 Å². The molecule has 3 heteroatoms. The molecule has 1 unspecified atom stereocenters. The van der Waals surface area contributed by atoms with Gasteiger partial charge < -0.3 is 15.4 Å². The fourth-order valence-electron chi connectivity index (χ4n) is 2.98. The Morgan fingerprint density at radius 2 is 2.00 bits per heavy atom. The van der Waals surface area contributed by atoms with Crippen LogP contribution in [0.5, 0.6) is 0 Å². The van der Waals surface area contributed by atoms with E-state index in [2.05, 4.69) is 11.8 Å². The Morgan fingerprint density at radius 3 is 2.75 bits per heavy atom. The third-order valence-electron chi connectivity index (χ3n) is 3.94. The molecule has 1 saturated heterocycles. The van der Waals surface area contributed by atoms with Gasteiger partial charge in [0.05, 0.1) is 6.10 Å². The van der Waals surface area contributed by atoms with Crippen molar-refractivity contribution in [3.05, 3.63) is 0 Å². The Bertz CT molecular complexity index is 202. The van der Waals surface area contributed by atoms with E-state index in [0.717, 1.165) is 19.1 Å². The molecule has 0 aromatic rings. The van der Waals surface area contributed by atoms with Gasteiger partial charge in [0.15, 0.2) is 0 Å². The van der Waals surface area contributed by atoms with Crippen LogP contribution in [0.15, 0.2) is 0 Å². The maximum atomic E-state index is 5.94. The first kappa shape index (κ1) is 12.3. The highest BCUT2D eigenvalue weighted by Crippen LogP contribution is 2.24. The molecule has 0 aromatic carbocycles. The minimum atomic E-state index is 0.411. The molecule has 3 nitrogen and oxygen atoms in total. The number of rotatable bonds is 2. The van der Waals surface area contributed by atoms with E-state index in [1.165, 1.54) is 45.2 Å². The van der Waals surface area contributed by atoms with Crippen molar-refractivity contribution in [1.29, 1.82) is 0 Å². The third kappa shape index (κ3) is 3.72. The molecule has 2 rings (SSSR count). The Hall–Kier alpha value is -0.120. The third-order valence-corrected chi connectivity index (χ3v) is 3.94. The van der Waals surface area contributed by atoms with E-state index in [9.17, 15) is 0 Å². The average molecular weight is 226 g/mol. The van der Waals surface area contributed by atoms with Gasteiger partial charge in [0.25, 0.3) is 0 Å². The number of hydrogen-bond donors (Lipinski definition) is 1. The Labute approximate surface area is 99.3 Å². The van der Waals surface area contributed by atoms with Crippen molar-refractivity contribution in [3.8, 4) is 0 Å². The minimum absolute atomic E-state index is 0.411. The maximum absolute atomic E-state index is 5.94. The highest BCUT2D eigenvalue weighted by atomic mass is 16.5. The zero-order valence-corrected chi connectivity index (χ0v) is 10.5. The van der Waals surface area contributed by atoms with Gasteiger partial charge in [-0.1, -0.05) is 0 Å². The topological polar surface area (TPSA) is 38.5 Å². The standard InChI is InChI=1S/C13H26N2O/c1-11-9-15(7-2-8-16-11)10-12-3-5-13(14)6-4-12/h11-13H,2-10,14H2,1H3. The molecule has 1 aliphatic heterocycles. The molecule has 94 valence electrons. The van der Waals surface area contributed by atoms with Crippen LogP contribution in [0.25, 0.3) is 0 Å². The summed E-state index contributed by atoms with van der Waals surface area (Å²) in [5.74, 6) is 0.880. The fraction of sp³-hybridized carbons (Fsp3) is 1.00. The molecule has 0 amide bonds.